The number of azide groups is 1. The Bertz CT molecular complexity index is 1150. The summed E-state index contributed by atoms with van der Waals surface area (Å²) >= 11 is 0. The van der Waals surface area contributed by atoms with Crippen molar-refractivity contribution in [2.24, 2.45) is 5.11 Å². The van der Waals surface area contributed by atoms with Crippen LogP contribution in [0, 0.1) is 0 Å². The fourth-order valence-corrected chi connectivity index (χ4v) is 3.29. The smallest absolute Gasteiger partial charge is 0.335 e. The van der Waals surface area contributed by atoms with Gasteiger partial charge in [-0.2, -0.15) is 0 Å². The van der Waals surface area contributed by atoms with Gasteiger partial charge < -0.3 is 5.11 Å². The Hall–Kier alpha value is -3.71. The van der Waals surface area contributed by atoms with Crippen molar-refractivity contribution in [3.63, 3.8) is 0 Å². The van der Waals surface area contributed by atoms with Gasteiger partial charge in [-0.05, 0) is 42.3 Å². The van der Waals surface area contributed by atoms with Crippen molar-refractivity contribution in [1.82, 2.24) is 13.7 Å². The monoisotopic (exact) mass is 350 g/mol. The summed E-state index contributed by atoms with van der Waals surface area (Å²) in [6, 6.07) is 11.0. The van der Waals surface area contributed by atoms with Gasteiger partial charge in [-0.15, -0.1) is 0 Å². The lowest BCUT2D eigenvalue weighted by atomic mass is 10.2. The molecule has 0 radical (unpaired) electrons. The predicted molar refractivity (Wildman–Crippen MR) is 93.8 cm³/mol. The Balaban J connectivity index is 1.80. The van der Waals surface area contributed by atoms with E-state index in [0.717, 1.165) is 0 Å². The van der Waals surface area contributed by atoms with Gasteiger partial charge in [0, 0.05) is 29.4 Å². The summed E-state index contributed by atoms with van der Waals surface area (Å²) < 4.78 is 4.07. The van der Waals surface area contributed by atoms with Crippen LogP contribution < -0.4 is 11.2 Å². The van der Waals surface area contributed by atoms with Crippen molar-refractivity contribution in [3.05, 3.63) is 85.6 Å². The van der Waals surface area contributed by atoms with Crippen LogP contribution in [0.15, 0.2) is 63.4 Å². The molecule has 130 valence electrons. The third-order valence-electron chi connectivity index (χ3n) is 4.50. The Morgan fingerprint density at radius 2 is 1.85 bits per heavy atom. The summed E-state index contributed by atoms with van der Waals surface area (Å²) in [5, 5.41) is 14.2. The number of imidazole rings is 1. The summed E-state index contributed by atoms with van der Waals surface area (Å²) in [5.41, 5.74) is 9.53. The van der Waals surface area contributed by atoms with Gasteiger partial charge in [-0.25, -0.2) is 9.36 Å². The van der Waals surface area contributed by atoms with Gasteiger partial charge in [-0.3, -0.25) is 13.9 Å². The number of pyridine rings is 1. The summed E-state index contributed by atoms with van der Waals surface area (Å²) in [6.07, 6.45) is 2.14. The molecule has 2 aromatic heterocycles. The highest BCUT2D eigenvalue weighted by atomic mass is 16.3. The molecule has 26 heavy (non-hydrogen) atoms. The number of fused-ring (bicyclic) bond motifs is 1. The first-order chi connectivity index (χ1) is 12.6. The highest BCUT2D eigenvalue weighted by molar-refractivity contribution is 5.45. The van der Waals surface area contributed by atoms with Crippen molar-refractivity contribution in [2.75, 3.05) is 0 Å². The van der Waals surface area contributed by atoms with Crippen LogP contribution in [0.5, 0.6) is 5.88 Å². The minimum absolute atomic E-state index is 0.166. The number of aromatic nitrogens is 3. The Morgan fingerprint density at radius 1 is 1.12 bits per heavy atom. The van der Waals surface area contributed by atoms with Crippen molar-refractivity contribution in [2.45, 2.75) is 19.0 Å². The number of hydrogen-bond acceptors (Lipinski definition) is 4. The van der Waals surface area contributed by atoms with Crippen LogP contribution >= 0.6 is 0 Å². The maximum absolute atomic E-state index is 12.6. The van der Waals surface area contributed by atoms with E-state index < -0.39 is 11.7 Å². The topological polar surface area (TPSA) is 118 Å². The molecule has 1 atom stereocenters. The molecule has 0 aliphatic carbocycles. The van der Waals surface area contributed by atoms with E-state index in [1.54, 1.807) is 42.6 Å². The third-order valence-corrected chi connectivity index (χ3v) is 4.50. The predicted octanol–water partition coefficient (Wildman–Crippen LogP) is 2.25. The summed E-state index contributed by atoms with van der Waals surface area (Å²) in [5.74, 6) is -0.227. The number of hydrogen-bond donors (Lipinski definition) is 1. The van der Waals surface area contributed by atoms with Crippen molar-refractivity contribution >= 4 is 0 Å². The zero-order valence-electron chi connectivity index (χ0n) is 13.6. The van der Waals surface area contributed by atoms with Gasteiger partial charge in [0.15, 0.2) is 0 Å². The molecule has 1 N–H and O–H groups in total. The molecule has 3 heterocycles. The second-order valence-electron chi connectivity index (χ2n) is 5.91. The van der Waals surface area contributed by atoms with Crippen LogP contribution in [0.3, 0.4) is 0 Å². The van der Waals surface area contributed by atoms with Crippen LogP contribution in [-0.2, 0) is 6.54 Å². The minimum Gasteiger partial charge on any atom is -0.493 e. The number of benzene rings is 1. The lowest BCUT2D eigenvalue weighted by Crippen LogP contribution is -2.22. The van der Waals surface area contributed by atoms with Gasteiger partial charge in [0.2, 0.25) is 5.88 Å². The maximum Gasteiger partial charge on any atom is 0.335 e. The molecule has 0 saturated heterocycles. The molecule has 0 unspecified atom stereocenters. The molecule has 0 amide bonds. The maximum atomic E-state index is 12.6. The van der Waals surface area contributed by atoms with Gasteiger partial charge >= 0.3 is 5.69 Å². The molecule has 0 saturated carbocycles. The van der Waals surface area contributed by atoms with E-state index >= 15 is 0 Å². The third kappa shape index (κ3) is 2.30. The normalized spacial score (nSPS) is 15.5. The minimum atomic E-state index is -0.559. The molecule has 1 aliphatic heterocycles. The average molecular weight is 350 g/mol. The molecule has 9 heteroatoms. The van der Waals surface area contributed by atoms with Gasteiger partial charge in [0.25, 0.3) is 5.56 Å². The first-order valence-corrected chi connectivity index (χ1v) is 7.99. The molecule has 0 spiro atoms. The van der Waals surface area contributed by atoms with Crippen molar-refractivity contribution in [3.8, 4) is 17.3 Å². The summed E-state index contributed by atoms with van der Waals surface area (Å²) in [6.45, 7) is 0.385. The molecule has 0 bridgehead atoms. The number of aromatic hydroxyl groups is 1. The number of nitrogens with zero attached hydrogens (tertiary/aromatic N) is 6. The van der Waals surface area contributed by atoms with Crippen LogP contribution in [0.2, 0.25) is 0 Å². The van der Waals surface area contributed by atoms with Gasteiger partial charge in [0.1, 0.15) is 0 Å². The second kappa shape index (κ2) is 5.98. The molecular formula is C17H14N6O3. The Labute approximate surface area is 146 Å². The first-order valence-electron chi connectivity index (χ1n) is 7.99. The highest BCUT2D eigenvalue weighted by Crippen LogP contribution is 2.35. The molecule has 9 nitrogen and oxygen atoms in total. The molecule has 3 aromatic rings. The fraction of sp³-hybridized carbons (Fsp3) is 0.176. The molecule has 1 aliphatic rings. The largest absolute Gasteiger partial charge is 0.493 e. The van der Waals surface area contributed by atoms with E-state index in [2.05, 4.69) is 10.0 Å². The SMILES string of the molecule is [N-]=[N+]=N[C@@H]1CCn2c1c(O)n(-c1ccc(-n3ccccc3=O)cc1)c2=O. The lowest BCUT2D eigenvalue weighted by Gasteiger charge is -2.08. The highest BCUT2D eigenvalue weighted by Gasteiger charge is 2.31. The standard InChI is InChI=1S/C17H14N6O3/c18-20-19-13-8-10-22-15(13)16(25)23(17(22)26)12-6-4-11(5-7-12)21-9-2-1-3-14(21)24/h1-7,9,13,25H,8,10H2/t13-/m1/s1. The van der Waals surface area contributed by atoms with E-state index in [0.29, 0.717) is 30.0 Å². The number of rotatable bonds is 3. The zero-order valence-corrected chi connectivity index (χ0v) is 13.6. The quantitative estimate of drug-likeness (QED) is 0.443. The van der Waals surface area contributed by atoms with Crippen LogP contribution in [0.1, 0.15) is 18.2 Å². The van der Waals surface area contributed by atoms with E-state index in [-0.39, 0.29) is 11.4 Å². The van der Waals surface area contributed by atoms with Crippen LogP contribution in [-0.4, -0.2) is 18.8 Å². The van der Waals surface area contributed by atoms with Crippen molar-refractivity contribution in [1.29, 1.82) is 0 Å². The summed E-state index contributed by atoms with van der Waals surface area (Å²) in [7, 11) is 0. The average Bonchev–Trinajstić information content (AvgIpc) is 3.17. The Morgan fingerprint density at radius 3 is 2.54 bits per heavy atom. The lowest BCUT2D eigenvalue weighted by molar-refractivity contribution is 0.429. The molecule has 0 fully saturated rings. The molecular weight excluding hydrogens is 336 g/mol. The van der Waals surface area contributed by atoms with Gasteiger partial charge in [0.05, 0.1) is 17.4 Å². The zero-order chi connectivity index (χ0) is 18.3. The van der Waals surface area contributed by atoms with Crippen molar-refractivity contribution < 1.29 is 5.11 Å². The van der Waals surface area contributed by atoms with Crippen LogP contribution in [0.25, 0.3) is 21.8 Å². The van der Waals surface area contributed by atoms with Gasteiger partial charge in [-0.1, -0.05) is 11.2 Å². The molecule has 4 rings (SSSR count). The first kappa shape index (κ1) is 15.8. The second-order valence-corrected chi connectivity index (χ2v) is 5.91. The fourth-order valence-electron chi connectivity index (χ4n) is 3.29. The van der Waals surface area contributed by atoms with E-state index in [4.69, 9.17) is 5.53 Å². The Kier molecular flexibility index (Phi) is 3.63. The van der Waals surface area contributed by atoms with E-state index in [9.17, 15) is 14.7 Å². The van der Waals surface area contributed by atoms with E-state index in [1.165, 1.54) is 19.8 Å². The molecule has 1 aromatic carbocycles. The van der Waals surface area contributed by atoms with E-state index in [1.807, 2.05) is 0 Å². The van der Waals surface area contributed by atoms with Crippen LogP contribution in [0.4, 0.5) is 0 Å². The summed E-state index contributed by atoms with van der Waals surface area (Å²) in [4.78, 5) is 27.3.